The molecule has 244 valence electrons. The Morgan fingerprint density at radius 2 is 1.84 bits per heavy atom. The maximum Gasteiger partial charge on any atom is 0.276 e. The SMILES string of the molecule is COc1ccc(CC2(N)N=CN=C3C2=NCN3[C@H]2C[C@@](O)([Si](C)(C)C(C)(C)C)[C@@H](CO[Si](C)(C)C(C)(C)C)O2)c([N+](=O)[O-])c1. The van der Waals surface area contributed by atoms with E-state index in [9.17, 15) is 15.2 Å². The molecule has 0 radical (unpaired) electrons. The molecule has 0 amide bonds. The maximum absolute atomic E-state index is 12.6. The predicted octanol–water partition coefficient (Wildman–Crippen LogP) is 4.87. The molecular formula is C30H50N6O6Si2. The van der Waals surface area contributed by atoms with E-state index in [-0.39, 0.29) is 28.9 Å². The van der Waals surface area contributed by atoms with Crippen molar-refractivity contribution in [2.45, 2.75) is 114 Å². The van der Waals surface area contributed by atoms with E-state index in [4.69, 9.17) is 24.6 Å². The van der Waals surface area contributed by atoms with Crippen LogP contribution in [0.15, 0.2) is 33.2 Å². The van der Waals surface area contributed by atoms with Gasteiger partial charge in [-0.15, -0.1) is 0 Å². The molecule has 4 rings (SSSR count). The molecule has 0 aromatic heterocycles. The molecule has 1 unspecified atom stereocenters. The van der Waals surface area contributed by atoms with Gasteiger partial charge < -0.3 is 29.6 Å². The molecule has 0 saturated carbocycles. The quantitative estimate of drug-likeness (QED) is 0.219. The molecule has 0 aliphatic carbocycles. The number of aliphatic hydroxyl groups is 1. The largest absolute Gasteiger partial charge is 0.497 e. The molecule has 0 spiro atoms. The van der Waals surface area contributed by atoms with E-state index in [1.807, 2.05) is 4.90 Å². The number of nitrogens with two attached hydrogens (primary N) is 1. The molecule has 4 atom stereocenters. The van der Waals surface area contributed by atoms with Crippen molar-refractivity contribution in [2.24, 2.45) is 20.7 Å². The number of hydrogen-bond donors (Lipinski definition) is 2. The number of ether oxygens (including phenoxy) is 2. The first kappa shape index (κ1) is 34.4. The Balaban J connectivity index is 1.62. The number of rotatable bonds is 9. The monoisotopic (exact) mass is 646 g/mol. The van der Waals surface area contributed by atoms with E-state index in [0.29, 0.717) is 35.9 Å². The Hall–Kier alpha value is -2.50. The summed E-state index contributed by atoms with van der Waals surface area (Å²) >= 11 is 0. The van der Waals surface area contributed by atoms with Crippen LogP contribution in [0, 0.1) is 10.1 Å². The minimum Gasteiger partial charge on any atom is -0.497 e. The Morgan fingerprint density at radius 1 is 1.18 bits per heavy atom. The summed E-state index contributed by atoms with van der Waals surface area (Å²) in [5, 5.41) is 23.3. The van der Waals surface area contributed by atoms with Crippen LogP contribution in [0.5, 0.6) is 5.75 Å². The van der Waals surface area contributed by atoms with Gasteiger partial charge in [0, 0.05) is 18.4 Å². The third-order valence-corrected chi connectivity index (χ3v) is 21.7. The molecule has 1 saturated heterocycles. The van der Waals surface area contributed by atoms with Crippen LogP contribution in [0.3, 0.4) is 0 Å². The summed E-state index contributed by atoms with van der Waals surface area (Å²) < 4.78 is 18.6. The van der Waals surface area contributed by atoms with Gasteiger partial charge in [-0.2, -0.15) is 0 Å². The lowest BCUT2D eigenvalue weighted by Gasteiger charge is -2.49. The molecule has 3 N–H and O–H groups in total. The van der Waals surface area contributed by atoms with Crippen molar-refractivity contribution in [1.82, 2.24) is 4.90 Å². The normalized spacial score (nSPS) is 27.7. The molecule has 44 heavy (non-hydrogen) atoms. The van der Waals surface area contributed by atoms with Crippen LogP contribution in [0.25, 0.3) is 0 Å². The van der Waals surface area contributed by atoms with Crippen molar-refractivity contribution in [3.8, 4) is 5.75 Å². The first-order valence-electron chi connectivity index (χ1n) is 15.1. The van der Waals surface area contributed by atoms with Crippen LogP contribution in [0.1, 0.15) is 53.5 Å². The fraction of sp³-hybridized carbons (Fsp3) is 0.700. The summed E-state index contributed by atoms with van der Waals surface area (Å²) in [5.41, 5.74) is 6.20. The maximum atomic E-state index is 12.6. The first-order valence-corrected chi connectivity index (χ1v) is 21.0. The average molecular weight is 647 g/mol. The van der Waals surface area contributed by atoms with Gasteiger partial charge >= 0.3 is 0 Å². The molecule has 1 aromatic carbocycles. The van der Waals surface area contributed by atoms with Crippen LogP contribution in [0.4, 0.5) is 5.69 Å². The Labute approximate surface area is 263 Å². The number of nitro groups is 1. The van der Waals surface area contributed by atoms with Gasteiger partial charge in [-0.05, 0) is 35.3 Å². The van der Waals surface area contributed by atoms with Crippen LogP contribution >= 0.6 is 0 Å². The van der Waals surface area contributed by atoms with E-state index >= 15 is 0 Å². The van der Waals surface area contributed by atoms with Crippen molar-refractivity contribution in [3.05, 3.63) is 33.9 Å². The molecule has 0 bridgehead atoms. The van der Waals surface area contributed by atoms with Gasteiger partial charge in [-0.3, -0.25) is 15.1 Å². The van der Waals surface area contributed by atoms with Crippen LogP contribution in [0.2, 0.25) is 36.3 Å². The molecule has 1 aromatic rings. The minimum absolute atomic E-state index is 0.0113. The number of methoxy groups -OCH3 is 1. The molecule has 1 fully saturated rings. The number of nitro benzene ring substituents is 1. The molecule has 3 heterocycles. The highest BCUT2D eigenvalue weighted by Crippen LogP contribution is 2.51. The Bertz CT molecular complexity index is 1380. The van der Waals surface area contributed by atoms with Crippen LogP contribution < -0.4 is 10.5 Å². The molecular weight excluding hydrogens is 597 g/mol. The smallest absolute Gasteiger partial charge is 0.276 e. The summed E-state index contributed by atoms with van der Waals surface area (Å²) in [6.45, 7) is 22.5. The van der Waals surface area contributed by atoms with E-state index in [0.717, 1.165) is 0 Å². The number of amidine groups is 1. The predicted molar refractivity (Wildman–Crippen MR) is 179 cm³/mol. The standard InChI is InChI=1S/C30H50N6O6Si2/c1-27(2,3)43(8,9)30(37)16-24(42-23(30)17-41-44(10,11)28(4,5)6)35-19-33-25-26(35)32-18-34-29(25,31)15-20-12-13-21(40-7)14-22(20)36(38)39/h12-14,18,23-24,37H,15-17,19,31H2,1-11H3/t23-,24-,29?,30-/m1/s1. The second kappa shape index (κ2) is 11.4. The summed E-state index contributed by atoms with van der Waals surface area (Å²) in [6.07, 6.45) is 0.741. The van der Waals surface area contributed by atoms with Gasteiger partial charge in [0.1, 0.15) is 36.8 Å². The number of nitrogens with zero attached hydrogens (tertiary/aromatic N) is 5. The van der Waals surface area contributed by atoms with Crippen molar-refractivity contribution >= 4 is 40.0 Å². The van der Waals surface area contributed by atoms with Gasteiger partial charge in [0.15, 0.2) is 19.8 Å². The van der Waals surface area contributed by atoms with Crippen LogP contribution in [-0.4, -0.2) is 92.8 Å². The zero-order valence-electron chi connectivity index (χ0n) is 28.1. The van der Waals surface area contributed by atoms with Gasteiger partial charge in [0.05, 0.1) is 38.0 Å². The Kier molecular flexibility index (Phi) is 8.90. The second-order valence-electron chi connectivity index (χ2n) is 15.3. The van der Waals surface area contributed by atoms with E-state index in [1.54, 1.807) is 12.1 Å². The number of aliphatic imine (C=N–C) groups is 3. The van der Waals surface area contributed by atoms with Crippen LogP contribution in [-0.2, 0) is 15.6 Å². The van der Waals surface area contributed by atoms with Crippen molar-refractivity contribution in [2.75, 3.05) is 20.4 Å². The first-order chi connectivity index (χ1) is 20.1. The summed E-state index contributed by atoms with van der Waals surface area (Å²) in [7, 11) is -3.07. The highest BCUT2D eigenvalue weighted by atomic mass is 28.4. The summed E-state index contributed by atoms with van der Waals surface area (Å²) in [4.78, 5) is 27.1. The highest BCUT2D eigenvalue weighted by molar-refractivity contribution is 6.83. The van der Waals surface area contributed by atoms with Crippen molar-refractivity contribution in [3.63, 3.8) is 0 Å². The highest BCUT2D eigenvalue weighted by Gasteiger charge is 2.63. The van der Waals surface area contributed by atoms with E-state index in [2.05, 4.69) is 77.7 Å². The Morgan fingerprint density at radius 3 is 2.41 bits per heavy atom. The average Bonchev–Trinajstić information content (AvgIpc) is 3.49. The second-order valence-corrected chi connectivity index (χ2v) is 25.7. The van der Waals surface area contributed by atoms with Gasteiger partial charge in [0.2, 0.25) is 0 Å². The topological polar surface area (TPSA) is 157 Å². The van der Waals surface area contributed by atoms with E-state index < -0.39 is 44.5 Å². The fourth-order valence-electron chi connectivity index (χ4n) is 5.69. The van der Waals surface area contributed by atoms with Gasteiger partial charge in [0.25, 0.3) is 5.69 Å². The number of fused-ring (bicyclic) bond motifs is 1. The molecule has 14 heteroatoms. The fourth-order valence-corrected chi connectivity index (χ4v) is 9.63. The zero-order valence-corrected chi connectivity index (χ0v) is 30.1. The van der Waals surface area contributed by atoms with Crippen molar-refractivity contribution < 1.29 is 23.9 Å². The third-order valence-electron chi connectivity index (χ3n) is 10.7. The minimum atomic E-state index is -2.41. The number of hydrogen-bond acceptors (Lipinski definition) is 11. The molecule has 12 nitrogen and oxygen atoms in total. The molecule has 3 aliphatic rings. The number of benzene rings is 1. The third kappa shape index (κ3) is 5.92. The van der Waals surface area contributed by atoms with Gasteiger partial charge in [-0.25, -0.2) is 9.98 Å². The van der Waals surface area contributed by atoms with Gasteiger partial charge in [-0.1, -0.05) is 54.6 Å². The lowest BCUT2D eigenvalue weighted by atomic mass is 9.93. The van der Waals surface area contributed by atoms with Crippen molar-refractivity contribution in [1.29, 1.82) is 0 Å². The van der Waals surface area contributed by atoms with E-state index in [1.165, 1.54) is 19.5 Å². The lowest BCUT2D eigenvalue weighted by molar-refractivity contribution is -0.385. The molecule has 3 aliphatic heterocycles. The summed E-state index contributed by atoms with van der Waals surface area (Å²) in [5.74, 6) is 0.886. The summed E-state index contributed by atoms with van der Waals surface area (Å²) in [6, 6.07) is 4.67. The zero-order chi connectivity index (χ0) is 33.1. The lowest BCUT2D eigenvalue weighted by Crippen LogP contribution is -2.65.